The zero-order chi connectivity index (χ0) is 21.3. The van der Waals surface area contributed by atoms with Gasteiger partial charge in [0.25, 0.3) is 11.8 Å². The van der Waals surface area contributed by atoms with Crippen molar-refractivity contribution in [3.8, 4) is 0 Å². The highest BCUT2D eigenvalue weighted by Crippen LogP contribution is 2.28. The van der Waals surface area contributed by atoms with Gasteiger partial charge in [0, 0.05) is 12.6 Å². The summed E-state index contributed by atoms with van der Waals surface area (Å²) in [7, 11) is 0. The van der Waals surface area contributed by atoms with Gasteiger partial charge in [-0.05, 0) is 37.3 Å². The van der Waals surface area contributed by atoms with Crippen LogP contribution < -0.4 is 21.1 Å². The topological polar surface area (TPSA) is 116 Å². The number of nitrogens with one attached hydrogen (secondary N) is 3. The zero-order valence-electron chi connectivity index (χ0n) is 16.2. The SMILES string of the molecule is CC(=O)Nc1nc2ccc(NC(=O)C3=NCC(=O)N(c4ccc(C)cc4)N3)cc2s1. The summed E-state index contributed by atoms with van der Waals surface area (Å²) in [6, 6.07) is 12.6. The molecular weight excluding hydrogens is 404 g/mol. The van der Waals surface area contributed by atoms with Crippen LogP contribution >= 0.6 is 11.3 Å². The molecule has 0 atom stereocenters. The van der Waals surface area contributed by atoms with E-state index in [0.29, 0.717) is 22.0 Å². The van der Waals surface area contributed by atoms with Crippen LogP contribution in [-0.4, -0.2) is 35.1 Å². The molecule has 152 valence electrons. The summed E-state index contributed by atoms with van der Waals surface area (Å²) in [5.74, 6) is -0.882. The van der Waals surface area contributed by atoms with Crippen molar-refractivity contribution in [1.82, 2.24) is 10.4 Å². The molecule has 0 radical (unpaired) electrons. The smallest absolute Gasteiger partial charge is 0.292 e. The Bertz CT molecular complexity index is 1180. The number of benzene rings is 2. The third-order valence-corrected chi connectivity index (χ3v) is 5.21. The predicted molar refractivity (Wildman–Crippen MR) is 117 cm³/mol. The number of anilines is 3. The summed E-state index contributed by atoms with van der Waals surface area (Å²) in [5, 5.41) is 7.22. The molecule has 2 heterocycles. The van der Waals surface area contributed by atoms with E-state index in [1.54, 1.807) is 30.3 Å². The van der Waals surface area contributed by atoms with Crippen molar-refractivity contribution in [3.05, 3.63) is 48.0 Å². The molecule has 0 aliphatic carbocycles. The maximum absolute atomic E-state index is 12.7. The van der Waals surface area contributed by atoms with Gasteiger partial charge in [0.1, 0.15) is 6.54 Å². The third-order valence-electron chi connectivity index (χ3n) is 4.28. The molecule has 9 nitrogen and oxygen atoms in total. The summed E-state index contributed by atoms with van der Waals surface area (Å²) in [6.45, 7) is 3.24. The number of rotatable bonds is 4. The number of nitrogens with zero attached hydrogens (tertiary/aromatic N) is 3. The maximum Gasteiger partial charge on any atom is 0.292 e. The van der Waals surface area contributed by atoms with E-state index < -0.39 is 5.91 Å². The molecule has 3 aromatic rings. The Hall–Kier alpha value is -3.79. The van der Waals surface area contributed by atoms with Gasteiger partial charge in [-0.3, -0.25) is 24.8 Å². The number of aliphatic imine (C=N–C) groups is 1. The summed E-state index contributed by atoms with van der Waals surface area (Å²) >= 11 is 1.31. The minimum absolute atomic E-state index is 0.0403. The van der Waals surface area contributed by atoms with Crippen LogP contribution in [0.25, 0.3) is 10.2 Å². The van der Waals surface area contributed by atoms with Crippen molar-refractivity contribution in [2.24, 2.45) is 4.99 Å². The number of amidine groups is 1. The van der Waals surface area contributed by atoms with Gasteiger partial charge in [-0.15, -0.1) is 0 Å². The minimum Gasteiger partial charge on any atom is -0.319 e. The number of amides is 3. The summed E-state index contributed by atoms with van der Waals surface area (Å²) in [4.78, 5) is 44.5. The van der Waals surface area contributed by atoms with Crippen molar-refractivity contribution in [2.45, 2.75) is 13.8 Å². The molecule has 3 N–H and O–H groups in total. The molecule has 10 heteroatoms. The Morgan fingerprint density at radius 2 is 1.90 bits per heavy atom. The second-order valence-electron chi connectivity index (χ2n) is 6.68. The van der Waals surface area contributed by atoms with Crippen LogP contribution in [0.4, 0.5) is 16.5 Å². The van der Waals surface area contributed by atoms with Gasteiger partial charge in [-0.2, -0.15) is 0 Å². The van der Waals surface area contributed by atoms with Gasteiger partial charge >= 0.3 is 0 Å². The first-order valence-corrected chi connectivity index (χ1v) is 9.91. The monoisotopic (exact) mass is 422 g/mol. The lowest BCUT2D eigenvalue weighted by molar-refractivity contribution is -0.118. The molecule has 2 aromatic carbocycles. The largest absolute Gasteiger partial charge is 0.319 e. The first kappa shape index (κ1) is 19.5. The lowest BCUT2D eigenvalue weighted by Crippen LogP contribution is -2.54. The maximum atomic E-state index is 12.7. The molecule has 30 heavy (non-hydrogen) atoms. The molecule has 0 saturated heterocycles. The van der Waals surface area contributed by atoms with Gasteiger partial charge in [0.15, 0.2) is 5.13 Å². The normalized spacial score (nSPS) is 13.6. The molecule has 1 aromatic heterocycles. The van der Waals surface area contributed by atoms with Gasteiger partial charge in [0.2, 0.25) is 11.7 Å². The van der Waals surface area contributed by atoms with E-state index in [9.17, 15) is 14.4 Å². The fraction of sp³-hybridized carbons (Fsp3) is 0.150. The number of thiazole rings is 1. The highest BCUT2D eigenvalue weighted by molar-refractivity contribution is 7.22. The van der Waals surface area contributed by atoms with E-state index in [0.717, 1.165) is 10.3 Å². The van der Waals surface area contributed by atoms with E-state index in [-0.39, 0.29) is 24.2 Å². The standard InChI is InChI=1S/C20H18N6O3S/c1-11-3-6-14(7-4-11)26-17(28)10-21-18(25-26)19(29)23-13-5-8-15-16(9-13)30-20(24-15)22-12(2)27/h3-9H,10H2,1-2H3,(H,21,25)(H,23,29)(H,22,24,27). The number of hydrazine groups is 1. The molecule has 4 rings (SSSR count). The summed E-state index contributed by atoms with van der Waals surface area (Å²) < 4.78 is 0.812. The molecule has 0 fully saturated rings. The van der Waals surface area contributed by atoms with Gasteiger partial charge < -0.3 is 10.6 Å². The Labute approximate surface area is 175 Å². The average Bonchev–Trinajstić information content (AvgIpc) is 3.09. The Balaban J connectivity index is 1.49. The van der Waals surface area contributed by atoms with E-state index in [2.05, 4.69) is 26.0 Å². The quantitative estimate of drug-likeness (QED) is 0.597. The van der Waals surface area contributed by atoms with Gasteiger partial charge in [-0.25, -0.2) is 9.99 Å². The fourth-order valence-corrected chi connectivity index (χ4v) is 3.79. The van der Waals surface area contributed by atoms with Crippen LogP contribution in [0.2, 0.25) is 0 Å². The number of aromatic nitrogens is 1. The van der Waals surface area contributed by atoms with Crippen molar-refractivity contribution in [3.63, 3.8) is 0 Å². The molecule has 0 bridgehead atoms. The summed E-state index contributed by atoms with van der Waals surface area (Å²) in [6.07, 6.45) is 0. The highest BCUT2D eigenvalue weighted by Gasteiger charge is 2.25. The van der Waals surface area contributed by atoms with Crippen LogP contribution in [0.3, 0.4) is 0 Å². The number of carbonyl (C=O) groups is 3. The average molecular weight is 422 g/mol. The van der Waals surface area contributed by atoms with E-state index in [4.69, 9.17) is 0 Å². The first-order valence-electron chi connectivity index (χ1n) is 9.09. The Morgan fingerprint density at radius 3 is 2.63 bits per heavy atom. The molecular formula is C20H18N6O3S. The van der Waals surface area contributed by atoms with Crippen molar-refractivity contribution in [2.75, 3.05) is 22.2 Å². The molecule has 0 unspecified atom stereocenters. The highest BCUT2D eigenvalue weighted by atomic mass is 32.1. The molecule has 3 amide bonds. The second-order valence-corrected chi connectivity index (χ2v) is 7.71. The molecule has 0 saturated carbocycles. The number of aryl methyl sites for hydroxylation is 1. The fourth-order valence-electron chi connectivity index (χ4n) is 2.84. The summed E-state index contributed by atoms with van der Waals surface area (Å²) in [5.41, 5.74) is 5.74. The minimum atomic E-state index is -0.467. The molecule has 1 aliphatic rings. The van der Waals surface area contributed by atoms with Crippen molar-refractivity contribution in [1.29, 1.82) is 0 Å². The van der Waals surface area contributed by atoms with E-state index in [1.165, 1.54) is 23.3 Å². The van der Waals surface area contributed by atoms with Crippen LogP contribution in [0.5, 0.6) is 0 Å². The van der Waals surface area contributed by atoms with E-state index in [1.807, 2.05) is 19.1 Å². The number of fused-ring (bicyclic) bond motifs is 1. The molecule has 1 aliphatic heterocycles. The third kappa shape index (κ3) is 4.13. The van der Waals surface area contributed by atoms with Gasteiger partial charge in [-0.1, -0.05) is 29.0 Å². The molecule has 0 spiro atoms. The second kappa shape index (κ2) is 7.91. The lowest BCUT2D eigenvalue weighted by Gasteiger charge is -2.27. The van der Waals surface area contributed by atoms with Crippen molar-refractivity contribution >= 4 is 61.6 Å². The van der Waals surface area contributed by atoms with Crippen LogP contribution in [0.15, 0.2) is 47.5 Å². The predicted octanol–water partition coefficient (Wildman–Crippen LogP) is 2.45. The first-order chi connectivity index (χ1) is 14.4. The number of hydrogen-bond donors (Lipinski definition) is 3. The van der Waals surface area contributed by atoms with Crippen LogP contribution in [0, 0.1) is 6.92 Å². The van der Waals surface area contributed by atoms with Crippen LogP contribution in [-0.2, 0) is 14.4 Å². The number of hydrogen-bond acceptors (Lipinski definition) is 7. The Kier molecular flexibility index (Phi) is 5.15. The van der Waals surface area contributed by atoms with E-state index >= 15 is 0 Å². The lowest BCUT2D eigenvalue weighted by atomic mass is 10.2. The van der Waals surface area contributed by atoms with Crippen molar-refractivity contribution < 1.29 is 14.4 Å². The Morgan fingerprint density at radius 1 is 1.13 bits per heavy atom. The zero-order valence-corrected chi connectivity index (χ0v) is 17.0. The number of carbonyl (C=O) groups excluding carboxylic acids is 3. The van der Waals surface area contributed by atoms with Crippen LogP contribution in [0.1, 0.15) is 12.5 Å². The van der Waals surface area contributed by atoms with Gasteiger partial charge in [0.05, 0.1) is 15.9 Å².